The van der Waals surface area contributed by atoms with E-state index in [1.807, 2.05) is 16.7 Å². The summed E-state index contributed by atoms with van der Waals surface area (Å²) >= 11 is 0. The smallest absolute Gasteiger partial charge is 0.475 e. The van der Waals surface area contributed by atoms with Crippen molar-refractivity contribution in [1.82, 2.24) is 29.6 Å². The maximum atomic E-state index is 13.2. The molecule has 41 heavy (non-hydrogen) atoms. The van der Waals surface area contributed by atoms with Crippen LogP contribution >= 0.6 is 0 Å². The fraction of sp³-hybridized carbons (Fsp3) is 0.391. The zero-order valence-electron chi connectivity index (χ0n) is 21.2. The SMILES string of the molecule is CC#CCn1c(N2CCNCC2)nc2cnn(Cc3cccnc3)c(=O)c21.O=C(O)C(F)(F)F.O=C(O)C(F)(F)F. The highest BCUT2D eigenvalue weighted by Crippen LogP contribution is 2.20. The van der Waals surface area contributed by atoms with E-state index in [1.165, 1.54) is 4.68 Å². The lowest BCUT2D eigenvalue weighted by molar-refractivity contribution is -0.193. The fourth-order valence-electron chi connectivity index (χ4n) is 3.26. The third-order valence-corrected chi connectivity index (χ3v) is 5.08. The Morgan fingerprint density at radius 1 is 1.05 bits per heavy atom. The average molecular weight is 591 g/mol. The van der Waals surface area contributed by atoms with Crippen LogP contribution in [-0.2, 0) is 22.7 Å². The Morgan fingerprint density at radius 3 is 2.12 bits per heavy atom. The summed E-state index contributed by atoms with van der Waals surface area (Å²) in [6.45, 7) is 6.08. The van der Waals surface area contributed by atoms with Crippen LogP contribution in [0, 0.1) is 11.8 Å². The molecule has 18 heteroatoms. The zero-order chi connectivity index (χ0) is 30.8. The molecule has 1 aliphatic rings. The van der Waals surface area contributed by atoms with Crippen LogP contribution in [0.5, 0.6) is 0 Å². The highest BCUT2D eigenvalue weighted by Gasteiger charge is 2.38. The van der Waals surface area contributed by atoms with Gasteiger partial charge in [-0.3, -0.25) is 14.3 Å². The number of nitrogens with zero attached hydrogens (tertiary/aromatic N) is 6. The highest BCUT2D eigenvalue weighted by molar-refractivity contribution is 5.77. The Balaban J connectivity index is 0.000000349. The fourth-order valence-corrected chi connectivity index (χ4v) is 3.26. The molecule has 0 atom stereocenters. The molecule has 0 radical (unpaired) electrons. The summed E-state index contributed by atoms with van der Waals surface area (Å²) in [5, 5.41) is 21.9. The molecule has 4 heterocycles. The Labute approximate surface area is 227 Å². The molecule has 3 aromatic rings. The van der Waals surface area contributed by atoms with E-state index in [4.69, 9.17) is 24.8 Å². The predicted octanol–water partition coefficient (Wildman–Crippen LogP) is 1.74. The lowest BCUT2D eigenvalue weighted by Crippen LogP contribution is -2.44. The quantitative estimate of drug-likeness (QED) is 0.302. The number of carboxylic acid groups (broad SMARTS) is 2. The van der Waals surface area contributed by atoms with Crippen LogP contribution in [0.1, 0.15) is 12.5 Å². The third kappa shape index (κ3) is 9.49. The van der Waals surface area contributed by atoms with Crippen molar-refractivity contribution in [3.8, 4) is 11.8 Å². The van der Waals surface area contributed by atoms with Gasteiger partial charge in [-0.1, -0.05) is 12.0 Å². The molecule has 0 bridgehead atoms. The molecular weight excluding hydrogens is 568 g/mol. The number of hydrogen-bond donors (Lipinski definition) is 3. The van der Waals surface area contributed by atoms with Crippen molar-refractivity contribution in [2.75, 3.05) is 31.1 Å². The minimum Gasteiger partial charge on any atom is -0.475 e. The number of carbonyl (C=O) groups is 2. The molecule has 1 aliphatic heterocycles. The lowest BCUT2D eigenvalue weighted by Gasteiger charge is -2.28. The summed E-state index contributed by atoms with van der Waals surface area (Å²) in [5.41, 5.74) is 1.91. The topological polar surface area (TPSA) is 155 Å². The van der Waals surface area contributed by atoms with Crippen molar-refractivity contribution in [2.24, 2.45) is 0 Å². The number of nitrogens with one attached hydrogen (secondary N) is 1. The minimum absolute atomic E-state index is 0.164. The van der Waals surface area contributed by atoms with E-state index in [2.05, 4.69) is 32.1 Å². The van der Waals surface area contributed by atoms with Gasteiger partial charge in [0.05, 0.1) is 19.3 Å². The van der Waals surface area contributed by atoms with Gasteiger partial charge in [0.1, 0.15) is 11.0 Å². The molecule has 0 unspecified atom stereocenters. The number of aromatic nitrogens is 5. The molecule has 0 aromatic carbocycles. The number of pyridine rings is 1. The molecule has 0 saturated carbocycles. The molecule has 3 aromatic heterocycles. The first-order chi connectivity index (χ1) is 19.2. The van der Waals surface area contributed by atoms with E-state index in [0.717, 1.165) is 37.7 Å². The van der Waals surface area contributed by atoms with Crippen molar-refractivity contribution < 1.29 is 46.1 Å². The highest BCUT2D eigenvalue weighted by atomic mass is 19.4. The summed E-state index contributed by atoms with van der Waals surface area (Å²) in [6.07, 6.45) is -5.06. The van der Waals surface area contributed by atoms with Crippen LogP contribution in [-0.4, -0.2) is 85.0 Å². The van der Waals surface area contributed by atoms with Gasteiger partial charge in [-0.05, 0) is 18.6 Å². The summed E-state index contributed by atoms with van der Waals surface area (Å²) in [6, 6.07) is 3.78. The van der Waals surface area contributed by atoms with Crippen LogP contribution in [0.25, 0.3) is 11.0 Å². The van der Waals surface area contributed by atoms with Gasteiger partial charge >= 0.3 is 24.3 Å². The van der Waals surface area contributed by atoms with Gasteiger partial charge < -0.3 is 20.4 Å². The van der Waals surface area contributed by atoms with E-state index in [1.54, 1.807) is 25.5 Å². The largest absolute Gasteiger partial charge is 0.490 e. The molecule has 0 aliphatic carbocycles. The number of imidazole rings is 1. The van der Waals surface area contributed by atoms with Crippen LogP contribution < -0.4 is 15.8 Å². The number of alkyl halides is 6. The Kier molecular flexibility index (Phi) is 11.2. The van der Waals surface area contributed by atoms with Crippen LogP contribution in [0.4, 0.5) is 32.3 Å². The van der Waals surface area contributed by atoms with Crippen molar-refractivity contribution in [2.45, 2.75) is 32.4 Å². The second kappa shape index (κ2) is 14.1. The van der Waals surface area contributed by atoms with E-state index < -0.39 is 24.3 Å². The second-order valence-electron chi connectivity index (χ2n) is 7.97. The molecular formula is C23H23F6N7O5. The van der Waals surface area contributed by atoms with Gasteiger partial charge in [-0.15, -0.1) is 5.92 Å². The number of fused-ring (bicyclic) bond motifs is 1. The number of hydrogen-bond acceptors (Lipinski definition) is 8. The Hall–Kier alpha value is -4.66. The van der Waals surface area contributed by atoms with Crippen molar-refractivity contribution in [1.29, 1.82) is 0 Å². The predicted molar refractivity (Wildman–Crippen MR) is 131 cm³/mol. The van der Waals surface area contributed by atoms with Crippen LogP contribution in [0.3, 0.4) is 0 Å². The zero-order valence-corrected chi connectivity index (χ0v) is 21.2. The summed E-state index contributed by atoms with van der Waals surface area (Å²) < 4.78 is 66.8. The van der Waals surface area contributed by atoms with Gasteiger partial charge in [-0.2, -0.15) is 31.4 Å². The van der Waals surface area contributed by atoms with Gasteiger partial charge in [0.2, 0.25) is 5.95 Å². The van der Waals surface area contributed by atoms with E-state index >= 15 is 0 Å². The molecule has 222 valence electrons. The lowest BCUT2D eigenvalue weighted by atomic mass is 10.3. The number of carboxylic acids is 2. The van der Waals surface area contributed by atoms with Crippen LogP contribution in [0.15, 0.2) is 35.5 Å². The molecule has 3 N–H and O–H groups in total. The molecule has 1 fully saturated rings. The van der Waals surface area contributed by atoms with Gasteiger partial charge in [0, 0.05) is 38.6 Å². The van der Waals surface area contributed by atoms with E-state index in [-0.39, 0.29) is 5.56 Å². The van der Waals surface area contributed by atoms with E-state index in [9.17, 15) is 31.1 Å². The first kappa shape index (κ1) is 32.6. The molecule has 4 rings (SSSR count). The molecule has 1 saturated heterocycles. The van der Waals surface area contributed by atoms with E-state index in [0.29, 0.717) is 24.1 Å². The van der Waals surface area contributed by atoms with Gasteiger partial charge in [0.15, 0.2) is 0 Å². The summed E-state index contributed by atoms with van der Waals surface area (Å²) in [4.78, 5) is 41.9. The van der Waals surface area contributed by atoms with Crippen molar-refractivity contribution in [3.63, 3.8) is 0 Å². The number of aliphatic carboxylic acids is 2. The number of piperazine rings is 1. The summed E-state index contributed by atoms with van der Waals surface area (Å²) in [7, 11) is 0. The molecule has 0 amide bonds. The monoisotopic (exact) mass is 591 g/mol. The Morgan fingerprint density at radius 2 is 1.63 bits per heavy atom. The maximum Gasteiger partial charge on any atom is 0.490 e. The molecule has 12 nitrogen and oxygen atoms in total. The summed E-state index contributed by atoms with van der Waals surface area (Å²) in [5.74, 6) is 1.25. The Bertz CT molecular complexity index is 1430. The average Bonchev–Trinajstić information content (AvgIpc) is 3.29. The standard InChI is InChI=1S/C19H21N7O.2C2HF3O2/c1-2-3-9-25-17-16(23-19(25)24-10-7-20-8-11-24)13-22-26(18(17)27)14-15-5-4-6-21-12-15;2*3-2(4,5)1(6)7/h4-6,12-13,20H,7-11,14H2,1H3;2*(H,6,7). The molecule has 0 spiro atoms. The number of halogens is 6. The van der Waals surface area contributed by atoms with Crippen molar-refractivity contribution >= 4 is 28.9 Å². The number of rotatable bonds is 4. The second-order valence-corrected chi connectivity index (χ2v) is 7.97. The van der Waals surface area contributed by atoms with Gasteiger partial charge in [-0.25, -0.2) is 19.3 Å². The first-order valence-electron chi connectivity index (χ1n) is 11.5. The number of anilines is 1. The minimum atomic E-state index is -5.08. The maximum absolute atomic E-state index is 13.2. The van der Waals surface area contributed by atoms with Crippen LogP contribution in [0.2, 0.25) is 0 Å². The van der Waals surface area contributed by atoms with Crippen molar-refractivity contribution in [3.05, 3.63) is 46.6 Å². The third-order valence-electron chi connectivity index (χ3n) is 5.08. The first-order valence-corrected chi connectivity index (χ1v) is 11.5. The normalized spacial score (nSPS) is 13.2. The van der Waals surface area contributed by atoms with Gasteiger partial charge in [0.25, 0.3) is 5.56 Å².